The van der Waals surface area contributed by atoms with E-state index in [9.17, 15) is 14.9 Å². The Balaban J connectivity index is 2.45. The van der Waals surface area contributed by atoms with E-state index in [1.165, 1.54) is 0 Å². The number of nitrogens with one attached hydrogen (secondary N) is 1. The van der Waals surface area contributed by atoms with Gasteiger partial charge in [-0.3, -0.25) is 9.59 Å². The predicted molar refractivity (Wildman–Crippen MR) is 92.2 cm³/mol. The molecular formula is C18H16ClN3O3. The number of nitrogens with zero attached hydrogens (tertiary/aromatic N) is 1. The summed E-state index contributed by atoms with van der Waals surface area (Å²) in [6.45, 7) is 5.00. The highest BCUT2D eigenvalue weighted by Crippen LogP contribution is 2.52. The maximum atomic E-state index is 13.1. The normalized spacial score (nSPS) is 22.0. The molecule has 2 heterocycles. The molecule has 0 saturated heterocycles. The van der Waals surface area contributed by atoms with Crippen LogP contribution in [0.4, 0.5) is 5.69 Å². The zero-order chi connectivity index (χ0) is 18.5. The fourth-order valence-electron chi connectivity index (χ4n) is 3.40. The van der Waals surface area contributed by atoms with Gasteiger partial charge in [0.05, 0.1) is 5.57 Å². The summed E-state index contributed by atoms with van der Waals surface area (Å²) >= 11 is 6.13. The van der Waals surface area contributed by atoms with Gasteiger partial charge >= 0.3 is 0 Å². The lowest BCUT2D eigenvalue weighted by Crippen LogP contribution is -2.46. The largest absolute Gasteiger partial charge is 0.445 e. The Hall–Kier alpha value is -2.78. The van der Waals surface area contributed by atoms with E-state index in [1.807, 2.05) is 6.07 Å². The van der Waals surface area contributed by atoms with Gasteiger partial charge < -0.3 is 15.8 Å². The summed E-state index contributed by atoms with van der Waals surface area (Å²) in [4.78, 5) is 26.0. The van der Waals surface area contributed by atoms with Gasteiger partial charge in [0.15, 0.2) is 5.78 Å². The first-order chi connectivity index (χ1) is 11.7. The fraction of sp³-hybridized carbons (Fsp3) is 0.278. The second kappa shape index (κ2) is 5.64. The van der Waals surface area contributed by atoms with Crippen molar-refractivity contribution in [2.24, 2.45) is 11.7 Å². The van der Waals surface area contributed by atoms with E-state index < -0.39 is 17.2 Å². The molecular weight excluding hydrogens is 342 g/mol. The van der Waals surface area contributed by atoms with Crippen LogP contribution in [0.3, 0.4) is 0 Å². The molecule has 0 unspecified atom stereocenters. The van der Waals surface area contributed by atoms with Crippen LogP contribution in [0.5, 0.6) is 0 Å². The number of carbonyl (C=O) groups excluding carboxylic acids is 2. The number of benzene rings is 1. The minimum atomic E-state index is -1.65. The minimum Gasteiger partial charge on any atom is -0.445 e. The first-order valence-corrected chi connectivity index (χ1v) is 8.08. The number of nitriles is 1. The molecule has 7 heteroatoms. The molecule has 1 aromatic carbocycles. The molecule has 6 nitrogen and oxygen atoms in total. The van der Waals surface area contributed by atoms with E-state index in [4.69, 9.17) is 22.1 Å². The predicted octanol–water partition coefficient (Wildman–Crippen LogP) is 2.75. The summed E-state index contributed by atoms with van der Waals surface area (Å²) in [6.07, 6.45) is 0. The third kappa shape index (κ3) is 2.16. The van der Waals surface area contributed by atoms with Crippen molar-refractivity contribution in [1.29, 1.82) is 5.26 Å². The van der Waals surface area contributed by atoms with Gasteiger partial charge in [0, 0.05) is 22.2 Å². The van der Waals surface area contributed by atoms with Crippen molar-refractivity contribution in [3.8, 4) is 6.07 Å². The number of rotatable bonds is 2. The number of hydrogen-bond acceptors (Lipinski definition) is 5. The van der Waals surface area contributed by atoms with Crippen molar-refractivity contribution in [2.75, 3.05) is 5.32 Å². The molecule has 1 amide bonds. The number of Topliss-reactive ketones (excluding diaryl/α,β-unsaturated/α-hetero) is 1. The van der Waals surface area contributed by atoms with Gasteiger partial charge in [-0.05, 0) is 25.1 Å². The van der Waals surface area contributed by atoms with Crippen LogP contribution in [0.25, 0.3) is 0 Å². The monoisotopic (exact) mass is 357 g/mol. The molecule has 1 aromatic rings. The minimum absolute atomic E-state index is 0.111. The number of ether oxygens (including phenoxy) is 1. The van der Waals surface area contributed by atoms with E-state index in [0.29, 0.717) is 16.3 Å². The van der Waals surface area contributed by atoms with Gasteiger partial charge in [0.1, 0.15) is 22.8 Å². The van der Waals surface area contributed by atoms with Crippen LogP contribution in [-0.2, 0) is 19.7 Å². The van der Waals surface area contributed by atoms with Crippen molar-refractivity contribution >= 4 is 29.0 Å². The number of nitrogens with two attached hydrogens (primary N) is 1. The number of halogens is 1. The van der Waals surface area contributed by atoms with Crippen molar-refractivity contribution in [1.82, 2.24) is 0 Å². The summed E-state index contributed by atoms with van der Waals surface area (Å²) in [7, 11) is 0. The zero-order valence-corrected chi connectivity index (χ0v) is 14.7. The number of ketones is 1. The Kier molecular flexibility index (Phi) is 3.85. The Morgan fingerprint density at radius 3 is 2.72 bits per heavy atom. The van der Waals surface area contributed by atoms with Gasteiger partial charge in [-0.1, -0.05) is 25.4 Å². The van der Waals surface area contributed by atoms with Crippen LogP contribution in [-0.4, -0.2) is 11.7 Å². The SMILES string of the molecule is CC1=C(C(=O)C(C)C)[C@@]2(C(=O)Nc3ccc(Cl)cc32)C(C#N)=C(N)O1. The van der Waals surface area contributed by atoms with Crippen LogP contribution in [0.2, 0.25) is 5.02 Å². The summed E-state index contributed by atoms with van der Waals surface area (Å²) < 4.78 is 5.43. The molecule has 0 radical (unpaired) electrons. The average Bonchev–Trinajstić information content (AvgIpc) is 2.80. The van der Waals surface area contributed by atoms with Crippen LogP contribution in [0.1, 0.15) is 26.3 Å². The summed E-state index contributed by atoms with van der Waals surface area (Å²) in [5.74, 6) is -1.20. The number of hydrogen-bond donors (Lipinski definition) is 2. The highest BCUT2D eigenvalue weighted by molar-refractivity contribution is 6.31. The standard InChI is InChI=1S/C18H16ClN3O3/c1-8(2)15(23)14-9(3)25-16(21)12(7-20)18(14)11-6-10(19)4-5-13(11)22-17(18)24/h4-6,8H,21H2,1-3H3,(H,22,24)/t18-/m0/s1. The van der Waals surface area contributed by atoms with E-state index in [1.54, 1.807) is 39.0 Å². The molecule has 0 aromatic heterocycles. The molecule has 1 spiro atoms. The number of amides is 1. The zero-order valence-electron chi connectivity index (χ0n) is 13.9. The molecule has 25 heavy (non-hydrogen) atoms. The third-order valence-electron chi connectivity index (χ3n) is 4.47. The number of carbonyl (C=O) groups is 2. The summed E-state index contributed by atoms with van der Waals surface area (Å²) in [5.41, 5.74) is 5.18. The second-order valence-electron chi connectivity index (χ2n) is 6.30. The first-order valence-electron chi connectivity index (χ1n) is 7.70. The Bertz CT molecular complexity index is 924. The maximum absolute atomic E-state index is 13.1. The first kappa shape index (κ1) is 17.1. The number of anilines is 1. The lowest BCUT2D eigenvalue weighted by Gasteiger charge is -2.35. The highest BCUT2D eigenvalue weighted by Gasteiger charge is 2.59. The van der Waals surface area contributed by atoms with Crippen LogP contribution < -0.4 is 11.1 Å². The molecule has 3 rings (SSSR count). The number of fused-ring (bicyclic) bond motifs is 2. The second-order valence-corrected chi connectivity index (χ2v) is 6.73. The molecule has 0 saturated carbocycles. The summed E-state index contributed by atoms with van der Waals surface area (Å²) in [6, 6.07) is 6.80. The van der Waals surface area contributed by atoms with E-state index in [2.05, 4.69) is 5.32 Å². The topological polar surface area (TPSA) is 105 Å². The Labute approximate surface area is 149 Å². The quantitative estimate of drug-likeness (QED) is 0.846. The lowest BCUT2D eigenvalue weighted by molar-refractivity contribution is -0.124. The van der Waals surface area contributed by atoms with E-state index in [-0.39, 0.29) is 28.6 Å². The molecule has 128 valence electrons. The van der Waals surface area contributed by atoms with Gasteiger partial charge in [0.25, 0.3) is 0 Å². The van der Waals surface area contributed by atoms with Crippen LogP contribution >= 0.6 is 11.6 Å². The van der Waals surface area contributed by atoms with Gasteiger partial charge in [-0.15, -0.1) is 0 Å². The average molecular weight is 358 g/mol. The Morgan fingerprint density at radius 2 is 2.12 bits per heavy atom. The van der Waals surface area contributed by atoms with E-state index in [0.717, 1.165) is 0 Å². The smallest absolute Gasteiger partial charge is 0.245 e. The molecule has 3 N–H and O–H groups in total. The molecule has 0 aliphatic carbocycles. The van der Waals surface area contributed by atoms with Crippen molar-refractivity contribution in [3.05, 3.63) is 51.6 Å². The van der Waals surface area contributed by atoms with Crippen LogP contribution in [0, 0.1) is 17.2 Å². The van der Waals surface area contributed by atoms with Gasteiger partial charge in [-0.25, -0.2) is 0 Å². The number of allylic oxidation sites excluding steroid dienone is 1. The molecule has 1 atom stereocenters. The fourth-order valence-corrected chi connectivity index (χ4v) is 3.57. The Morgan fingerprint density at radius 1 is 1.44 bits per heavy atom. The van der Waals surface area contributed by atoms with Gasteiger partial charge in [-0.2, -0.15) is 5.26 Å². The van der Waals surface area contributed by atoms with Gasteiger partial charge in [0.2, 0.25) is 11.8 Å². The highest BCUT2D eigenvalue weighted by atomic mass is 35.5. The van der Waals surface area contributed by atoms with Crippen molar-refractivity contribution < 1.29 is 14.3 Å². The molecule has 0 bridgehead atoms. The molecule has 2 aliphatic rings. The summed E-state index contributed by atoms with van der Waals surface area (Å²) in [5, 5.41) is 12.8. The molecule has 0 fully saturated rings. The van der Waals surface area contributed by atoms with E-state index >= 15 is 0 Å². The maximum Gasteiger partial charge on any atom is 0.245 e. The third-order valence-corrected chi connectivity index (χ3v) is 4.70. The van der Waals surface area contributed by atoms with Crippen molar-refractivity contribution in [2.45, 2.75) is 26.2 Å². The lowest BCUT2D eigenvalue weighted by atomic mass is 9.66. The molecule has 2 aliphatic heterocycles. The van der Waals surface area contributed by atoms with Crippen LogP contribution in [0.15, 0.2) is 41.0 Å². The van der Waals surface area contributed by atoms with Crippen molar-refractivity contribution in [3.63, 3.8) is 0 Å².